The Morgan fingerprint density at radius 2 is 1.72 bits per heavy atom. The van der Waals surface area contributed by atoms with E-state index in [1.165, 1.54) is 25.3 Å². The van der Waals surface area contributed by atoms with Crippen LogP contribution in [0.3, 0.4) is 0 Å². The van der Waals surface area contributed by atoms with Crippen LogP contribution in [-0.4, -0.2) is 56.6 Å². The number of likely N-dealkylation sites (N-methyl/N-ethyl adjacent to an activating group) is 1. The van der Waals surface area contributed by atoms with E-state index in [2.05, 4.69) is 29.4 Å². The van der Waals surface area contributed by atoms with Gasteiger partial charge in [-0.25, -0.2) is 0 Å². The summed E-state index contributed by atoms with van der Waals surface area (Å²) < 4.78 is 10.7. The van der Waals surface area contributed by atoms with Gasteiger partial charge in [0.2, 0.25) is 0 Å². The normalized spacial score (nSPS) is 10.7. The lowest BCUT2D eigenvalue weighted by Gasteiger charge is -2.18. The van der Waals surface area contributed by atoms with E-state index >= 15 is 0 Å². The molecular formula is C22H26Cl3N3O4. The Morgan fingerprint density at radius 3 is 2.34 bits per heavy atom. The monoisotopic (exact) mass is 501 g/mol. The average molecular weight is 503 g/mol. The van der Waals surface area contributed by atoms with Crippen molar-refractivity contribution in [3.05, 3.63) is 51.0 Å². The molecule has 2 rings (SSSR count). The molecule has 32 heavy (non-hydrogen) atoms. The van der Waals surface area contributed by atoms with Crippen molar-refractivity contribution in [3.63, 3.8) is 0 Å². The van der Waals surface area contributed by atoms with Gasteiger partial charge < -0.3 is 25.0 Å². The van der Waals surface area contributed by atoms with Crippen molar-refractivity contribution in [1.29, 1.82) is 0 Å². The van der Waals surface area contributed by atoms with E-state index in [4.69, 9.17) is 44.3 Å². The fraction of sp³-hybridized carbons (Fsp3) is 0.364. The molecule has 0 radical (unpaired) electrons. The van der Waals surface area contributed by atoms with Crippen LogP contribution in [0, 0.1) is 0 Å². The molecule has 0 aromatic heterocycles. The molecule has 0 unspecified atom stereocenters. The van der Waals surface area contributed by atoms with Crippen LogP contribution in [0.1, 0.15) is 24.2 Å². The van der Waals surface area contributed by atoms with E-state index < -0.39 is 5.91 Å². The Morgan fingerprint density at radius 1 is 1.00 bits per heavy atom. The van der Waals surface area contributed by atoms with E-state index in [1.54, 1.807) is 12.1 Å². The van der Waals surface area contributed by atoms with Gasteiger partial charge in [0.05, 0.1) is 28.4 Å². The number of hydrogen-bond donors (Lipinski definition) is 2. The van der Waals surface area contributed by atoms with Crippen molar-refractivity contribution in [3.8, 4) is 11.5 Å². The van der Waals surface area contributed by atoms with Gasteiger partial charge in [-0.1, -0.05) is 48.7 Å². The van der Waals surface area contributed by atoms with Crippen LogP contribution in [0.25, 0.3) is 0 Å². The highest BCUT2D eigenvalue weighted by molar-refractivity contribution is 6.35. The van der Waals surface area contributed by atoms with Crippen molar-refractivity contribution in [2.24, 2.45) is 0 Å². The predicted octanol–water partition coefficient (Wildman–Crippen LogP) is 4.74. The van der Waals surface area contributed by atoms with E-state index in [0.717, 1.165) is 19.6 Å². The average Bonchev–Trinajstić information content (AvgIpc) is 2.77. The number of benzene rings is 2. The van der Waals surface area contributed by atoms with Crippen molar-refractivity contribution >= 4 is 52.3 Å². The Balaban J connectivity index is 2.02. The zero-order chi connectivity index (χ0) is 23.7. The quantitative estimate of drug-likeness (QED) is 0.464. The molecule has 0 atom stereocenters. The van der Waals surface area contributed by atoms with Crippen molar-refractivity contribution in [2.75, 3.05) is 45.2 Å². The molecule has 2 aromatic rings. The minimum absolute atomic E-state index is 0.192. The van der Waals surface area contributed by atoms with Crippen molar-refractivity contribution in [1.82, 2.24) is 10.2 Å². The maximum Gasteiger partial charge on any atom is 0.262 e. The standard InChI is InChI=1S/C22H26Cl3N3O4/c1-4-28(5-2)9-8-26-22(30)15-11-16(24)18(12-20(15)31-3)27-21(29)13-32-19-7-6-14(23)10-17(19)25/h6-7,10-12H,4-5,8-9,13H2,1-3H3,(H,26,30)(H,27,29). The number of nitrogens with zero attached hydrogens (tertiary/aromatic N) is 1. The summed E-state index contributed by atoms with van der Waals surface area (Å²) in [4.78, 5) is 27.1. The Labute approximate surface area is 202 Å². The molecule has 0 aliphatic carbocycles. The number of halogens is 3. The molecule has 7 nitrogen and oxygen atoms in total. The highest BCUT2D eigenvalue weighted by atomic mass is 35.5. The van der Waals surface area contributed by atoms with Crippen LogP contribution < -0.4 is 20.1 Å². The maximum absolute atomic E-state index is 12.6. The van der Waals surface area contributed by atoms with Gasteiger partial charge >= 0.3 is 0 Å². The summed E-state index contributed by atoms with van der Waals surface area (Å²) in [7, 11) is 1.44. The molecule has 0 spiro atoms. The van der Waals surface area contributed by atoms with Crippen molar-refractivity contribution < 1.29 is 19.1 Å². The second kappa shape index (κ2) is 12.7. The number of hydrogen-bond acceptors (Lipinski definition) is 5. The molecule has 10 heteroatoms. The number of methoxy groups -OCH3 is 1. The molecule has 2 amide bonds. The summed E-state index contributed by atoms with van der Waals surface area (Å²) in [6.07, 6.45) is 0. The smallest absolute Gasteiger partial charge is 0.262 e. The minimum atomic E-state index is -0.462. The fourth-order valence-corrected chi connectivity index (χ4v) is 3.55. The fourth-order valence-electron chi connectivity index (χ4n) is 2.88. The second-order valence-electron chi connectivity index (χ2n) is 6.73. The number of carbonyl (C=O) groups excluding carboxylic acids is 2. The van der Waals surface area contributed by atoms with Crippen LogP contribution in [0.5, 0.6) is 11.5 Å². The molecule has 0 aliphatic rings. The van der Waals surface area contributed by atoms with Gasteiger partial charge in [0.15, 0.2) is 6.61 Å². The predicted molar refractivity (Wildman–Crippen MR) is 129 cm³/mol. The van der Waals surface area contributed by atoms with Gasteiger partial charge in [-0.15, -0.1) is 0 Å². The largest absolute Gasteiger partial charge is 0.496 e. The number of nitrogens with one attached hydrogen (secondary N) is 2. The van der Waals surface area contributed by atoms with Crippen molar-refractivity contribution in [2.45, 2.75) is 13.8 Å². The van der Waals surface area contributed by atoms with Gasteiger partial charge in [-0.05, 0) is 37.4 Å². The lowest BCUT2D eigenvalue weighted by atomic mass is 10.1. The van der Waals surface area contributed by atoms with Gasteiger partial charge in [-0.3, -0.25) is 9.59 Å². The maximum atomic E-state index is 12.6. The van der Waals surface area contributed by atoms with E-state index in [-0.39, 0.29) is 28.8 Å². The first-order valence-electron chi connectivity index (χ1n) is 10.0. The number of rotatable bonds is 11. The summed E-state index contributed by atoms with van der Waals surface area (Å²) in [6.45, 7) is 6.87. The first kappa shape index (κ1) is 26.1. The summed E-state index contributed by atoms with van der Waals surface area (Å²) in [5, 5.41) is 6.45. The van der Waals surface area contributed by atoms with Gasteiger partial charge in [-0.2, -0.15) is 0 Å². The van der Waals surface area contributed by atoms with Crippen LogP contribution in [0.2, 0.25) is 15.1 Å². The minimum Gasteiger partial charge on any atom is -0.496 e. The third kappa shape index (κ3) is 7.45. The first-order valence-corrected chi connectivity index (χ1v) is 11.2. The Kier molecular flexibility index (Phi) is 10.4. The van der Waals surface area contributed by atoms with Gasteiger partial charge in [0.1, 0.15) is 11.5 Å². The molecule has 0 bridgehead atoms. The molecule has 2 N–H and O–H groups in total. The Bertz CT molecular complexity index is 952. The highest BCUT2D eigenvalue weighted by Crippen LogP contribution is 2.31. The van der Waals surface area contributed by atoms with E-state index in [9.17, 15) is 9.59 Å². The molecule has 0 saturated carbocycles. The Hall–Kier alpha value is -2.19. The molecule has 0 saturated heterocycles. The van der Waals surface area contributed by atoms with Crippen LogP contribution in [0.15, 0.2) is 30.3 Å². The first-order chi connectivity index (χ1) is 15.3. The van der Waals surface area contributed by atoms with E-state index in [0.29, 0.717) is 28.0 Å². The summed E-state index contributed by atoms with van der Waals surface area (Å²) in [5.74, 6) is -0.163. The molecule has 174 valence electrons. The number of amides is 2. The molecule has 0 heterocycles. The summed E-state index contributed by atoms with van der Waals surface area (Å²) in [6, 6.07) is 7.65. The third-order valence-corrected chi connectivity index (χ3v) is 5.51. The lowest BCUT2D eigenvalue weighted by Crippen LogP contribution is -2.35. The molecule has 0 fully saturated rings. The third-order valence-electron chi connectivity index (χ3n) is 4.67. The second-order valence-corrected chi connectivity index (χ2v) is 7.98. The zero-order valence-corrected chi connectivity index (χ0v) is 20.4. The highest BCUT2D eigenvalue weighted by Gasteiger charge is 2.17. The molecular weight excluding hydrogens is 477 g/mol. The SMILES string of the molecule is CCN(CC)CCNC(=O)c1cc(Cl)c(NC(=O)COc2ccc(Cl)cc2Cl)cc1OC. The molecule has 0 aliphatic heterocycles. The topological polar surface area (TPSA) is 79.9 Å². The van der Waals surface area contributed by atoms with Crippen LogP contribution in [-0.2, 0) is 4.79 Å². The number of ether oxygens (including phenoxy) is 2. The summed E-state index contributed by atoms with van der Waals surface area (Å²) in [5.41, 5.74) is 0.568. The van der Waals surface area contributed by atoms with Crippen LogP contribution >= 0.6 is 34.8 Å². The number of anilines is 1. The van der Waals surface area contributed by atoms with E-state index in [1.807, 2.05) is 0 Å². The lowest BCUT2D eigenvalue weighted by molar-refractivity contribution is -0.118. The number of carbonyl (C=O) groups is 2. The summed E-state index contributed by atoms with van der Waals surface area (Å²) >= 11 is 18.2. The van der Waals surface area contributed by atoms with Gasteiger partial charge in [0, 0.05) is 24.2 Å². The van der Waals surface area contributed by atoms with Gasteiger partial charge in [0.25, 0.3) is 11.8 Å². The molecule has 2 aromatic carbocycles. The van der Waals surface area contributed by atoms with Crippen LogP contribution in [0.4, 0.5) is 5.69 Å². The zero-order valence-electron chi connectivity index (χ0n) is 18.1.